The molecule has 0 spiro atoms. The minimum absolute atomic E-state index is 0.0883. The number of benzene rings is 3. The van der Waals surface area contributed by atoms with Crippen LogP contribution in [0.1, 0.15) is 21.5 Å². The van der Waals surface area contributed by atoms with Gasteiger partial charge in [0.05, 0.1) is 5.56 Å². The van der Waals surface area contributed by atoms with Gasteiger partial charge < -0.3 is 9.84 Å². The predicted molar refractivity (Wildman–Crippen MR) is 98.8 cm³/mol. The maximum Gasteiger partial charge on any atom is 0.417 e. The lowest BCUT2D eigenvalue weighted by atomic mass is 10.0. The van der Waals surface area contributed by atoms with Gasteiger partial charge in [0.1, 0.15) is 11.5 Å². The van der Waals surface area contributed by atoms with Crippen LogP contribution in [0.15, 0.2) is 72.8 Å². The summed E-state index contributed by atoms with van der Waals surface area (Å²) in [7, 11) is 0. The van der Waals surface area contributed by atoms with Crippen LogP contribution in [-0.2, 0) is 0 Å². The molecule has 26 heavy (non-hydrogen) atoms. The summed E-state index contributed by atoms with van der Waals surface area (Å²) in [6.45, 7) is 1.94. The molecule has 1 amide bonds. The molecule has 5 heteroatoms. The van der Waals surface area contributed by atoms with Crippen LogP contribution in [0.5, 0.6) is 11.5 Å². The Hall–Kier alpha value is -3.60. The lowest BCUT2D eigenvalue weighted by Gasteiger charge is -2.09. The van der Waals surface area contributed by atoms with Gasteiger partial charge >= 0.3 is 6.09 Å². The fourth-order valence-electron chi connectivity index (χ4n) is 2.42. The average molecular weight is 347 g/mol. The molecular formula is C21H17NO4. The lowest BCUT2D eigenvalue weighted by Crippen LogP contribution is -2.17. The number of phenolic OH excluding ortho intramolecular Hbond substituents is 1. The normalized spacial score (nSPS) is 10.2. The van der Waals surface area contributed by atoms with Gasteiger partial charge in [-0.05, 0) is 43.3 Å². The van der Waals surface area contributed by atoms with Crippen molar-refractivity contribution in [1.29, 1.82) is 0 Å². The predicted octanol–water partition coefficient (Wildman–Crippen LogP) is 4.54. The summed E-state index contributed by atoms with van der Waals surface area (Å²) in [4.78, 5) is 24.5. The van der Waals surface area contributed by atoms with Crippen LogP contribution in [0.3, 0.4) is 0 Å². The number of nitrogens with one attached hydrogen (secondary N) is 1. The fourth-order valence-corrected chi connectivity index (χ4v) is 2.42. The van der Waals surface area contributed by atoms with Crippen LogP contribution in [0.2, 0.25) is 0 Å². The van der Waals surface area contributed by atoms with Crippen molar-refractivity contribution in [2.24, 2.45) is 0 Å². The minimum atomic E-state index is -0.652. The Kier molecular flexibility index (Phi) is 4.99. The smallest absolute Gasteiger partial charge is 0.417 e. The second-order valence-corrected chi connectivity index (χ2v) is 5.75. The Bertz CT molecular complexity index is 948. The van der Waals surface area contributed by atoms with Crippen molar-refractivity contribution in [3.05, 3.63) is 89.5 Å². The van der Waals surface area contributed by atoms with E-state index in [1.807, 2.05) is 19.1 Å². The quantitative estimate of drug-likeness (QED) is 0.679. The second kappa shape index (κ2) is 7.53. The molecule has 0 saturated heterocycles. The molecule has 0 aliphatic rings. The molecule has 130 valence electrons. The zero-order valence-corrected chi connectivity index (χ0v) is 14.1. The van der Waals surface area contributed by atoms with E-state index in [9.17, 15) is 14.7 Å². The number of carbonyl (C=O) groups is 2. The molecule has 0 bridgehead atoms. The first kappa shape index (κ1) is 17.2. The van der Waals surface area contributed by atoms with E-state index in [1.165, 1.54) is 12.1 Å². The summed E-state index contributed by atoms with van der Waals surface area (Å²) in [5.41, 5.74) is 2.03. The largest absolute Gasteiger partial charge is 0.507 e. The monoisotopic (exact) mass is 347 g/mol. The summed E-state index contributed by atoms with van der Waals surface area (Å²) >= 11 is 0. The number of ether oxygens (including phenoxy) is 1. The van der Waals surface area contributed by atoms with Gasteiger partial charge in [-0.2, -0.15) is 0 Å². The first-order valence-electron chi connectivity index (χ1n) is 8.01. The van der Waals surface area contributed by atoms with Crippen molar-refractivity contribution in [3.8, 4) is 11.5 Å². The van der Waals surface area contributed by atoms with Crippen LogP contribution in [0.4, 0.5) is 10.5 Å². The van der Waals surface area contributed by atoms with E-state index in [0.717, 1.165) is 5.56 Å². The van der Waals surface area contributed by atoms with Crippen LogP contribution in [0, 0.1) is 6.92 Å². The summed E-state index contributed by atoms with van der Waals surface area (Å²) in [6.07, 6.45) is -0.652. The van der Waals surface area contributed by atoms with Crippen molar-refractivity contribution in [1.82, 2.24) is 0 Å². The number of aryl methyl sites for hydroxylation is 1. The molecule has 0 saturated carbocycles. The highest BCUT2D eigenvalue weighted by Gasteiger charge is 2.14. The van der Waals surface area contributed by atoms with Gasteiger partial charge in [0.25, 0.3) is 0 Å². The standard InChI is InChI=1S/C21H17NO4/c1-14-9-11-17(12-10-14)26-21(25)22-16-6-4-5-15(13-16)20(24)18-7-2-3-8-19(18)23/h2-13,23H,1H3,(H,22,25). The summed E-state index contributed by atoms with van der Waals surface area (Å²) in [6, 6.07) is 19.8. The van der Waals surface area contributed by atoms with E-state index < -0.39 is 6.09 Å². The second-order valence-electron chi connectivity index (χ2n) is 5.75. The third-order valence-corrected chi connectivity index (χ3v) is 3.75. The zero-order chi connectivity index (χ0) is 18.5. The number of carbonyl (C=O) groups excluding carboxylic acids is 2. The first-order chi connectivity index (χ1) is 12.5. The van der Waals surface area contributed by atoms with E-state index >= 15 is 0 Å². The van der Waals surface area contributed by atoms with Crippen molar-refractivity contribution < 1.29 is 19.4 Å². The Morgan fingerprint density at radius 2 is 1.65 bits per heavy atom. The van der Waals surface area contributed by atoms with E-state index in [4.69, 9.17) is 4.74 Å². The molecule has 0 unspecified atom stereocenters. The lowest BCUT2D eigenvalue weighted by molar-refractivity contribution is 0.103. The highest BCUT2D eigenvalue weighted by Crippen LogP contribution is 2.21. The Balaban J connectivity index is 1.73. The zero-order valence-electron chi connectivity index (χ0n) is 14.1. The SMILES string of the molecule is Cc1ccc(OC(=O)Nc2cccc(C(=O)c3ccccc3O)c2)cc1. The van der Waals surface area contributed by atoms with E-state index in [2.05, 4.69) is 5.32 Å². The maximum atomic E-state index is 12.5. The van der Waals surface area contributed by atoms with Gasteiger partial charge in [-0.3, -0.25) is 10.1 Å². The number of hydrogen-bond donors (Lipinski definition) is 2. The highest BCUT2D eigenvalue weighted by atomic mass is 16.6. The minimum Gasteiger partial charge on any atom is -0.507 e. The molecular weight excluding hydrogens is 330 g/mol. The van der Waals surface area contributed by atoms with Crippen LogP contribution in [-0.4, -0.2) is 17.0 Å². The first-order valence-corrected chi connectivity index (χ1v) is 8.01. The Morgan fingerprint density at radius 1 is 0.923 bits per heavy atom. The summed E-state index contributed by atoms with van der Waals surface area (Å²) in [5, 5.41) is 12.4. The third-order valence-electron chi connectivity index (χ3n) is 3.75. The Labute approximate surface area is 150 Å². The number of amides is 1. The van der Waals surface area contributed by atoms with E-state index in [0.29, 0.717) is 17.0 Å². The number of anilines is 1. The number of hydrogen-bond acceptors (Lipinski definition) is 4. The molecule has 3 rings (SSSR count). The molecule has 0 fully saturated rings. The van der Waals surface area contributed by atoms with Crippen LogP contribution < -0.4 is 10.1 Å². The van der Waals surface area contributed by atoms with Crippen molar-refractivity contribution in [2.45, 2.75) is 6.92 Å². The number of para-hydroxylation sites is 1. The molecule has 0 aliphatic carbocycles. The fraction of sp³-hybridized carbons (Fsp3) is 0.0476. The molecule has 0 radical (unpaired) electrons. The molecule has 0 heterocycles. The molecule has 0 aliphatic heterocycles. The molecule has 0 aromatic heterocycles. The van der Waals surface area contributed by atoms with Gasteiger partial charge in [-0.1, -0.05) is 42.0 Å². The number of aromatic hydroxyl groups is 1. The molecule has 3 aromatic carbocycles. The van der Waals surface area contributed by atoms with Gasteiger partial charge in [-0.15, -0.1) is 0 Å². The van der Waals surface area contributed by atoms with E-state index in [-0.39, 0.29) is 17.1 Å². The maximum absolute atomic E-state index is 12.5. The van der Waals surface area contributed by atoms with Crippen LogP contribution in [0.25, 0.3) is 0 Å². The number of phenols is 1. The highest BCUT2D eigenvalue weighted by molar-refractivity contribution is 6.11. The van der Waals surface area contributed by atoms with Gasteiger partial charge in [0.15, 0.2) is 5.78 Å². The van der Waals surface area contributed by atoms with Crippen molar-refractivity contribution in [2.75, 3.05) is 5.32 Å². The molecule has 2 N–H and O–H groups in total. The van der Waals surface area contributed by atoms with Gasteiger partial charge in [-0.25, -0.2) is 4.79 Å². The summed E-state index contributed by atoms with van der Waals surface area (Å²) in [5.74, 6) is 0.00262. The number of ketones is 1. The molecule has 0 atom stereocenters. The van der Waals surface area contributed by atoms with Crippen LogP contribution >= 0.6 is 0 Å². The van der Waals surface area contributed by atoms with Gasteiger partial charge in [0, 0.05) is 11.3 Å². The Morgan fingerprint density at radius 3 is 2.38 bits per heavy atom. The summed E-state index contributed by atoms with van der Waals surface area (Å²) < 4.78 is 5.20. The molecule has 5 nitrogen and oxygen atoms in total. The molecule has 3 aromatic rings. The average Bonchev–Trinajstić information content (AvgIpc) is 2.64. The number of rotatable bonds is 4. The third kappa shape index (κ3) is 4.08. The van der Waals surface area contributed by atoms with E-state index in [1.54, 1.807) is 48.5 Å². The topological polar surface area (TPSA) is 75.6 Å². The van der Waals surface area contributed by atoms with Gasteiger partial charge in [0.2, 0.25) is 0 Å². The van der Waals surface area contributed by atoms with Crippen molar-refractivity contribution >= 4 is 17.6 Å². The van der Waals surface area contributed by atoms with Crippen molar-refractivity contribution in [3.63, 3.8) is 0 Å².